The van der Waals surface area contributed by atoms with Gasteiger partial charge in [0.25, 0.3) is 5.91 Å². The van der Waals surface area contributed by atoms with Gasteiger partial charge in [-0.2, -0.15) is 0 Å². The summed E-state index contributed by atoms with van der Waals surface area (Å²) in [6.07, 6.45) is -0.0873. The molecular formula is C14H18ClNO3. The van der Waals surface area contributed by atoms with Crippen LogP contribution in [0.3, 0.4) is 0 Å². The number of aryl methyl sites for hydroxylation is 1. The molecule has 2 N–H and O–H groups in total. The largest absolute Gasteiger partial charge is 0.481 e. The highest BCUT2D eigenvalue weighted by molar-refractivity contribution is 6.31. The zero-order valence-electron chi connectivity index (χ0n) is 11.2. The van der Waals surface area contributed by atoms with Crippen LogP contribution in [0.4, 0.5) is 0 Å². The van der Waals surface area contributed by atoms with Gasteiger partial charge in [-0.05, 0) is 36.6 Å². The molecule has 5 heteroatoms. The van der Waals surface area contributed by atoms with Gasteiger partial charge < -0.3 is 10.4 Å². The van der Waals surface area contributed by atoms with Crippen molar-refractivity contribution in [3.05, 3.63) is 34.3 Å². The van der Waals surface area contributed by atoms with Crippen LogP contribution < -0.4 is 5.32 Å². The first kappa shape index (κ1) is 15.5. The van der Waals surface area contributed by atoms with E-state index in [1.165, 1.54) is 0 Å². The normalized spacial score (nSPS) is 12.3. The van der Waals surface area contributed by atoms with Crippen LogP contribution in [0.5, 0.6) is 0 Å². The molecule has 1 rings (SSSR count). The van der Waals surface area contributed by atoms with E-state index in [1.807, 2.05) is 20.8 Å². The van der Waals surface area contributed by atoms with Gasteiger partial charge >= 0.3 is 5.97 Å². The number of hydrogen-bond acceptors (Lipinski definition) is 2. The summed E-state index contributed by atoms with van der Waals surface area (Å²) in [6, 6.07) is 4.59. The van der Waals surface area contributed by atoms with E-state index in [0.717, 1.165) is 5.56 Å². The fourth-order valence-corrected chi connectivity index (χ4v) is 1.80. The Morgan fingerprint density at radius 3 is 2.47 bits per heavy atom. The van der Waals surface area contributed by atoms with Crippen molar-refractivity contribution in [2.24, 2.45) is 5.92 Å². The second-order valence-corrected chi connectivity index (χ2v) is 5.29. The van der Waals surface area contributed by atoms with E-state index in [4.69, 9.17) is 16.7 Å². The minimum atomic E-state index is -0.925. The number of hydrogen-bond donors (Lipinski definition) is 2. The van der Waals surface area contributed by atoms with Crippen LogP contribution in [-0.2, 0) is 4.79 Å². The van der Waals surface area contributed by atoms with E-state index < -0.39 is 5.97 Å². The number of carboxylic acid groups (broad SMARTS) is 1. The van der Waals surface area contributed by atoms with E-state index >= 15 is 0 Å². The molecule has 0 aromatic heterocycles. The highest BCUT2D eigenvalue weighted by Crippen LogP contribution is 2.17. The Labute approximate surface area is 117 Å². The van der Waals surface area contributed by atoms with Crippen LogP contribution in [0.2, 0.25) is 5.02 Å². The smallest absolute Gasteiger partial charge is 0.305 e. The molecule has 1 atom stereocenters. The van der Waals surface area contributed by atoms with Crippen LogP contribution >= 0.6 is 11.6 Å². The fourth-order valence-electron chi connectivity index (χ4n) is 1.68. The van der Waals surface area contributed by atoms with Gasteiger partial charge in [0.2, 0.25) is 0 Å². The molecule has 0 radical (unpaired) electrons. The summed E-state index contributed by atoms with van der Waals surface area (Å²) < 4.78 is 0. The Bertz CT molecular complexity index is 486. The van der Waals surface area contributed by atoms with Crippen LogP contribution in [-0.4, -0.2) is 23.0 Å². The summed E-state index contributed by atoms with van der Waals surface area (Å²) in [7, 11) is 0. The van der Waals surface area contributed by atoms with Crippen LogP contribution in [0.25, 0.3) is 0 Å². The van der Waals surface area contributed by atoms with Gasteiger partial charge in [0.15, 0.2) is 0 Å². The van der Waals surface area contributed by atoms with E-state index in [-0.39, 0.29) is 24.3 Å². The summed E-state index contributed by atoms with van der Waals surface area (Å²) in [5.41, 5.74) is 1.30. The molecule has 0 heterocycles. The van der Waals surface area contributed by atoms with Gasteiger partial charge in [0, 0.05) is 16.6 Å². The van der Waals surface area contributed by atoms with E-state index in [1.54, 1.807) is 18.2 Å². The fraction of sp³-hybridized carbons (Fsp3) is 0.429. The van der Waals surface area contributed by atoms with Crippen LogP contribution in [0.1, 0.15) is 36.2 Å². The van der Waals surface area contributed by atoms with Gasteiger partial charge in [0.05, 0.1) is 6.42 Å². The molecule has 1 unspecified atom stereocenters. The summed E-state index contributed by atoms with van der Waals surface area (Å²) in [5.74, 6) is -1.15. The number of halogens is 1. The third-order valence-electron chi connectivity index (χ3n) is 2.94. The van der Waals surface area contributed by atoms with Crippen molar-refractivity contribution in [1.29, 1.82) is 0 Å². The van der Waals surface area contributed by atoms with Crippen LogP contribution in [0, 0.1) is 12.8 Å². The third kappa shape index (κ3) is 4.56. The van der Waals surface area contributed by atoms with Crippen molar-refractivity contribution in [3.8, 4) is 0 Å². The lowest BCUT2D eigenvalue weighted by molar-refractivity contribution is -0.137. The van der Waals surface area contributed by atoms with Crippen molar-refractivity contribution >= 4 is 23.5 Å². The Balaban J connectivity index is 2.81. The van der Waals surface area contributed by atoms with E-state index in [9.17, 15) is 9.59 Å². The molecule has 104 valence electrons. The van der Waals surface area contributed by atoms with Crippen molar-refractivity contribution in [1.82, 2.24) is 5.32 Å². The molecule has 0 saturated carbocycles. The standard InChI is InChI=1S/C14H18ClNO3/c1-8(2)12(7-13(17)18)16-14(19)10-4-5-11(15)9(3)6-10/h4-6,8,12H,7H2,1-3H3,(H,16,19)(H,17,18). The lowest BCUT2D eigenvalue weighted by atomic mass is 10.0. The second kappa shape index (κ2) is 6.57. The predicted molar refractivity (Wildman–Crippen MR) is 74.5 cm³/mol. The number of carbonyl (C=O) groups is 2. The number of nitrogens with one attached hydrogen (secondary N) is 1. The molecule has 0 spiro atoms. The average Bonchev–Trinajstić information content (AvgIpc) is 2.31. The SMILES string of the molecule is Cc1cc(C(=O)NC(CC(=O)O)C(C)C)ccc1Cl. The lowest BCUT2D eigenvalue weighted by Gasteiger charge is -2.20. The molecule has 0 aliphatic rings. The minimum Gasteiger partial charge on any atom is -0.481 e. The van der Waals surface area contributed by atoms with Gasteiger partial charge in [-0.1, -0.05) is 25.4 Å². The first-order valence-corrected chi connectivity index (χ1v) is 6.48. The number of carboxylic acids is 1. The quantitative estimate of drug-likeness (QED) is 0.873. The number of amides is 1. The maximum Gasteiger partial charge on any atom is 0.305 e. The van der Waals surface area contributed by atoms with Crippen molar-refractivity contribution < 1.29 is 14.7 Å². The van der Waals surface area contributed by atoms with Gasteiger partial charge in [-0.25, -0.2) is 0 Å². The summed E-state index contributed by atoms with van der Waals surface area (Å²) in [6.45, 7) is 5.57. The number of aliphatic carboxylic acids is 1. The molecule has 0 fully saturated rings. The van der Waals surface area contributed by atoms with E-state index in [0.29, 0.717) is 10.6 Å². The molecule has 0 aliphatic heterocycles. The van der Waals surface area contributed by atoms with Crippen molar-refractivity contribution in [2.45, 2.75) is 33.2 Å². The minimum absolute atomic E-state index is 0.0495. The first-order chi connectivity index (χ1) is 8.81. The molecule has 19 heavy (non-hydrogen) atoms. The predicted octanol–water partition coefficient (Wildman–Crippen LogP) is 2.88. The molecular weight excluding hydrogens is 266 g/mol. The lowest BCUT2D eigenvalue weighted by Crippen LogP contribution is -2.40. The Morgan fingerprint density at radius 1 is 1.37 bits per heavy atom. The second-order valence-electron chi connectivity index (χ2n) is 4.89. The molecule has 1 aromatic carbocycles. The van der Waals surface area contributed by atoms with Gasteiger partial charge in [0.1, 0.15) is 0 Å². The maximum atomic E-state index is 12.1. The van der Waals surface area contributed by atoms with Crippen LogP contribution in [0.15, 0.2) is 18.2 Å². The third-order valence-corrected chi connectivity index (χ3v) is 3.36. The zero-order chi connectivity index (χ0) is 14.6. The van der Waals surface area contributed by atoms with E-state index in [2.05, 4.69) is 5.32 Å². The average molecular weight is 284 g/mol. The Kier molecular flexibility index (Phi) is 5.36. The Hall–Kier alpha value is -1.55. The summed E-state index contributed by atoms with van der Waals surface area (Å²) in [5, 5.41) is 12.2. The topological polar surface area (TPSA) is 66.4 Å². The zero-order valence-corrected chi connectivity index (χ0v) is 12.0. The molecule has 1 aromatic rings. The highest BCUT2D eigenvalue weighted by Gasteiger charge is 2.20. The van der Waals surface area contributed by atoms with Crippen molar-refractivity contribution in [3.63, 3.8) is 0 Å². The first-order valence-electron chi connectivity index (χ1n) is 6.10. The molecule has 4 nitrogen and oxygen atoms in total. The summed E-state index contributed by atoms with van der Waals surface area (Å²) >= 11 is 5.90. The number of rotatable bonds is 5. The van der Waals surface area contributed by atoms with Gasteiger partial charge in [-0.15, -0.1) is 0 Å². The summed E-state index contributed by atoms with van der Waals surface area (Å²) in [4.78, 5) is 22.8. The molecule has 0 aliphatic carbocycles. The number of carbonyl (C=O) groups excluding carboxylic acids is 1. The maximum absolute atomic E-state index is 12.1. The number of benzene rings is 1. The highest BCUT2D eigenvalue weighted by atomic mass is 35.5. The molecule has 1 amide bonds. The van der Waals surface area contributed by atoms with Gasteiger partial charge in [-0.3, -0.25) is 9.59 Å². The van der Waals surface area contributed by atoms with Crippen molar-refractivity contribution in [2.75, 3.05) is 0 Å². The monoisotopic (exact) mass is 283 g/mol. The molecule has 0 bridgehead atoms. The molecule has 0 saturated heterocycles. The Morgan fingerprint density at radius 2 is 2.00 bits per heavy atom.